The lowest BCUT2D eigenvalue weighted by Crippen LogP contribution is -2.49. The minimum absolute atomic E-state index is 0.0894. The molecule has 0 atom stereocenters. The Balaban J connectivity index is 1.16. The van der Waals surface area contributed by atoms with Gasteiger partial charge in [0, 0.05) is 58.2 Å². The first-order valence-corrected chi connectivity index (χ1v) is 12.6. The van der Waals surface area contributed by atoms with Crippen LogP contribution in [0, 0.1) is 11.3 Å². The van der Waals surface area contributed by atoms with Gasteiger partial charge in [-0.3, -0.25) is 9.69 Å². The first-order valence-electron chi connectivity index (χ1n) is 12.6. The number of urea groups is 1. The number of benzene rings is 1. The van der Waals surface area contributed by atoms with Crippen LogP contribution in [-0.2, 0) is 0 Å². The van der Waals surface area contributed by atoms with E-state index in [2.05, 4.69) is 23.2 Å². The molecule has 2 aromatic rings. The molecule has 1 aromatic heterocycles. The normalized spacial score (nSPS) is 20.4. The second-order valence-electron chi connectivity index (χ2n) is 10.2. The topological polar surface area (TPSA) is 83.8 Å². The molecule has 0 N–H and O–H groups in total. The summed E-state index contributed by atoms with van der Waals surface area (Å²) in [6.07, 6.45) is 7.10. The quantitative estimate of drug-likeness (QED) is 0.667. The SMILES string of the molecule is CN1CCN(c2ccc(C(=O)N3CCN(c4ncc(C5CC5)cc4C4CC4)CC3)c(C#N)c2)C1=O. The number of hydrogen-bond acceptors (Lipinski definition) is 5. The number of nitriles is 1. The van der Waals surface area contributed by atoms with Crippen molar-refractivity contribution in [1.82, 2.24) is 14.8 Å². The highest BCUT2D eigenvalue weighted by Gasteiger charge is 2.33. The van der Waals surface area contributed by atoms with Crippen LogP contribution in [-0.4, -0.2) is 73.0 Å². The van der Waals surface area contributed by atoms with Crippen molar-refractivity contribution in [1.29, 1.82) is 5.26 Å². The molecule has 0 radical (unpaired) electrons. The molecule has 4 aliphatic rings. The van der Waals surface area contributed by atoms with Gasteiger partial charge in [0.05, 0.1) is 11.1 Å². The highest BCUT2D eigenvalue weighted by atomic mass is 16.2. The molecule has 8 heteroatoms. The van der Waals surface area contributed by atoms with Crippen LogP contribution in [0.2, 0.25) is 0 Å². The molecule has 0 spiro atoms. The molecule has 1 aromatic carbocycles. The van der Waals surface area contributed by atoms with E-state index in [1.54, 1.807) is 35.0 Å². The third kappa shape index (κ3) is 4.09. The minimum atomic E-state index is -0.128. The maximum atomic E-state index is 13.3. The Bertz CT molecular complexity index is 1220. The van der Waals surface area contributed by atoms with Crippen LogP contribution in [0.5, 0.6) is 0 Å². The Hall–Kier alpha value is -3.60. The van der Waals surface area contributed by atoms with E-state index in [-0.39, 0.29) is 11.9 Å². The van der Waals surface area contributed by atoms with Gasteiger partial charge in [0.1, 0.15) is 11.9 Å². The average molecular weight is 471 g/mol. The van der Waals surface area contributed by atoms with E-state index in [1.807, 2.05) is 4.90 Å². The molecular weight excluding hydrogens is 440 g/mol. The number of rotatable bonds is 5. The van der Waals surface area contributed by atoms with Crippen molar-refractivity contribution in [3.8, 4) is 6.07 Å². The van der Waals surface area contributed by atoms with Crippen LogP contribution >= 0.6 is 0 Å². The molecule has 180 valence electrons. The fraction of sp³-hybridized carbons (Fsp3) is 0.481. The Morgan fingerprint density at radius 2 is 1.74 bits per heavy atom. The van der Waals surface area contributed by atoms with Gasteiger partial charge >= 0.3 is 6.03 Å². The van der Waals surface area contributed by atoms with Gasteiger partial charge in [-0.1, -0.05) is 6.07 Å². The Morgan fingerprint density at radius 3 is 2.37 bits per heavy atom. The van der Waals surface area contributed by atoms with E-state index in [0.717, 1.165) is 18.9 Å². The van der Waals surface area contributed by atoms with Crippen LogP contribution in [0.3, 0.4) is 0 Å². The summed E-state index contributed by atoms with van der Waals surface area (Å²) in [6, 6.07) is 9.59. The summed E-state index contributed by atoms with van der Waals surface area (Å²) in [5.41, 5.74) is 4.14. The third-order valence-electron chi connectivity index (χ3n) is 7.73. The van der Waals surface area contributed by atoms with Crippen molar-refractivity contribution in [2.45, 2.75) is 37.5 Å². The second-order valence-corrected chi connectivity index (χ2v) is 10.2. The van der Waals surface area contributed by atoms with Gasteiger partial charge in [-0.25, -0.2) is 9.78 Å². The smallest absolute Gasteiger partial charge is 0.324 e. The molecule has 35 heavy (non-hydrogen) atoms. The number of carbonyl (C=O) groups is 2. The van der Waals surface area contributed by atoms with Gasteiger partial charge in [-0.2, -0.15) is 5.26 Å². The first kappa shape index (κ1) is 21.9. The molecular formula is C27H30N6O2. The largest absolute Gasteiger partial charge is 0.353 e. The number of anilines is 2. The van der Waals surface area contributed by atoms with Crippen LogP contribution in [0.25, 0.3) is 0 Å². The highest BCUT2D eigenvalue weighted by molar-refractivity contribution is 5.99. The van der Waals surface area contributed by atoms with Gasteiger partial charge in [0.15, 0.2) is 0 Å². The lowest BCUT2D eigenvalue weighted by molar-refractivity contribution is 0.0746. The van der Waals surface area contributed by atoms with Crippen LogP contribution in [0.1, 0.15) is 64.6 Å². The average Bonchev–Trinajstić information content (AvgIpc) is 3.82. The summed E-state index contributed by atoms with van der Waals surface area (Å²) in [4.78, 5) is 38.0. The Kier molecular flexibility index (Phi) is 5.36. The standard InChI is InChI=1S/C27H30N6O2/c1-30-8-13-33(27(30)35)22-6-7-23(20(14-22)16-28)26(34)32-11-9-31(10-12-32)25-24(19-4-5-19)15-21(17-29-25)18-2-3-18/h6-7,14-15,17-19H,2-5,8-13H2,1H3. The van der Waals surface area contributed by atoms with Gasteiger partial charge in [-0.15, -0.1) is 0 Å². The monoisotopic (exact) mass is 470 g/mol. The molecule has 2 aliphatic heterocycles. The first-order chi connectivity index (χ1) is 17.0. The minimum Gasteiger partial charge on any atom is -0.353 e. The summed E-state index contributed by atoms with van der Waals surface area (Å²) in [5, 5.41) is 9.74. The van der Waals surface area contributed by atoms with E-state index in [4.69, 9.17) is 4.98 Å². The number of carbonyl (C=O) groups excluding carboxylic acids is 2. The molecule has 3 heterocycles. The third-order valence-corrected chi connectivity index (χ3v) is 7.73. The fourth-order valence-electron chi connectivity index (χ4n) is 5.25. The van der Waals surface area contributed by atoms with Crippen molar-refractivity contribution in [3.63, 3.8) is 0 Å². The molecule has 0 unspecified atom stereocenters. The number of pyridine rings is 1. The molecule has 2 saturated carbocycles. The molecule has 0 bridgehead atoms. The van der Waals surface area contributed by atoms with Crippen LogP contribution in [0.4, 0.5) is 16.3 Å². The zero-order chi connectivity index (χ0) is 24.1. The molecule has 2 aliphatic carbocycles. The summed E-state index contributed by atoms with van der Waals surface area (Å²) < 4.78 is 0. The van der Waals surface area contributed by atoms with Gasteiger partial charge < -0.3 is 14.7 Å². The molecule has 6 rings (SSSR count). The highest BCUT2D eigenvalue weighted by Crippen LogP contribution is 2.47. The number of aromatic nitrogens is 1. The van der Waals surface area contributed by atoms with Gasteiger partial charge in [0.2, 0.25) is 0 Å². The summed E-state index contributed by atoms with van der Waals surface area (Å²) in [7, 11) is 1.76. The fourth-order valence-corrected chi connectivity index (χ4v) is 5.25. The molecule has 3 amide bonds. The summed E-state index contributed by atoms with van der Waals surface area (Å²) in [6.45, 7) is 3.87. The predicted molar refractivity (Wildman–Crippen MR) is 133 cm³/mol. The lowest BCUT2D eigenvalue weighted by Gasteiger charge is -2.36. The summed E-state index contributed by atoms with van der Waals surface area (Å²) in [5.74, 6) is 2.30. The lowest BCUT2D eigenvalue weighted by atomic mass is 10.0. The van der Waals surface area contributed by atoms with E-state index in [0.29, 0.717) is 54.8 Å². The second kappa shape index (κ2) is 8.56. The molecule has 2 saturated heterocycles. The van der Waals surface area contributed by atoms with Crippen LogP contribution < -0.4 is 9.80 Å². The maximum absolute atomic E-state index is 13.3. The molecule has 8 nitrogen and oxygen atoms in total. The summed E-state index contributed by atoms with van der Waals surface area (Å²) >= 11 is 0. The van der Waals surface area contributed by atoms with Gasteiger partial charge in [-0.05, 0) is 66.8 Å². The number of likely N-dealkylation sites (N-methyl/N-ethyl adjacent to an activating group) is 1. The number of hydrogen-bond donors (Lipinski definition) is 0. The van der Waals surface area contributed by atoms with E-state index in [1.165, 1.54) is 36.8 Å². The Labute approximate surface area is 205 Å². The van der Waals surface area contributed by atoms with Crippen molar-refractivity contribution in [2.24, 2.45) is 0 Å². The van der Waals surface area contributed by atoms with E-state index >= 15 is 0 Å². The number of nitrogens with zero attached hydrogens (tertiary/aromatic N) is 6. The number of piperazine rings is 1. The van der Waals surface area contributed by atoms with Crippen molar-refractivity contribution < 1.29 is 9.59 Å². The zero-order valence-corrected chi connectivity index (χ0v) is 20.1. The van der Waals surface area contributed by atoms with E-state index < -0.39 is 0 Å². The zero-order valence-electron chi connectivity index (χ0n) is 20.1. The predicted octanol–water partition coefficient (Wildman–Crippen LogP) is 3.54. The Morgan fingerprint density at radius 1 is 1.00 bits per heavy atom. The van der Waals surface area contributed by atoms with Crippen molar-refractivity contribution in [3.05, 3.63) is 52.7 Å². The van der Waals surface area contributed by atoms with Gasteiger partial charge in [0.25, 0.3) is 5.91 Å². The van der Waals surface area contributed by atoms with Crippen molar-refractivity contribution >= 4 is 23.4 Å². The maximum Gasteiger partial charge on any atom is 0.324 e. The van der Waals surface area contributed by atoms with E-state index in [9.17, 15) is 14.9 Å². The molecule has 4 fully saturated rings. The number of amides is 3. The van der Waals surface area contributed by atoms with Crippen LogP contribution in [0.15, 0.2) is 30.5 Å². The van der Waals surface area contributed by atoms with Crippen molar-refractivity contribution in [2.75, 3.05) is 56.1 Å².